The van der Waals surface area contributed by atoms with Crippen molar-refractivity contribution in [3.63, 3.8) is 0 Å². The molecular formula is C21H14FN3O2S. The average molecular weight is 391 g/mol. The van der Waals surface area contributed by atoms with Crippen LogP contribution in [0.25, 0.3) is 34.6 Å². The topological polar surface area (TPSA) is 68.0 Å². The Morgan fingerprint density at radius 1 is 1.07 bits per heavy atom. The molecule has 0 amide bonds. The van der Waals surface area contributed by atoms with Crippen LogP contribution in [0.4, 0.5) is 3.89 Å². The number of carboxylic acid groups (broad SMARTS) is 1. The van der Waals surface area contributed by atoms with Crippen molar-refractivity contribution in [2.24, 2.45) is 0 Å². The van der Waals surface area contributed by atoms with Gasteiger partial charge in [0, 0.05) is 5.56 Å². The summed E-state index contributed by atoms with van der Waals surface area (Å²) in [5, 5.41) is 9.19. The number of hydrogen-bond donors (Lipinski definition) is 1. The van der Waals surface area contributed by atoms with E-state index in [4.69, 9.17) is 0 Å². The molecule has 0 bridgehead atoms. The number of carboxylic acids is 1. The molecule has 0 spiro atoms. The second kappa shape index (κ2) is 7.66. The minimum Gasteiger partial charge on any atom is -0.478 e. The molecule has 0 aliphatic heterocycles. The molecule has 4 rings (SSSR count). The molecule has 5 nitrogen and oxygen atoms in total. The molecule has 0 saturated heterocycles. The number of hydrogen-bond acceptors (Lipinski definition) is 4. The van der Waals surface area contributed by atoms with Gasteiger partial charge in [-0.25, -0.2) is 18.7 Å². The summed E-state index contributed by atoms with van der Waals surface area (Å²) < 4.78 is 14.9. The smallest absolute Gasteiger partial charge is 0.335 e. The van der Waals surface area contributed by atoms with Crippen LogP contribution in [-0.2, 0) is 0 Å². The van der Waals surface area contributed by atoms with Crippen LogP contribution in [-0.4, -0.2) is 25.0 Å². The van der Waals surface area contributed by atoms with E-state index in [0.29, 0.717) is 28.1 Å². The molecule has 138 valence electrons. The third-order valence-corrected chi connectivity index (χ3v) is 4.71. The standard InChI is InChI=1S/C21H14FN3O2S/c22-28-25-19(15-7-4-8-16(11-15)21(26)27)12-18-20(25)23-13-17(24-18)10-9-14-5-2-1-3-6-14/h1-13H,(H,26,27)/b10-9+. The zero-order valence-electron chi connectivity index (χ0n) is 14.5. The Morgan fingerprint density at radius 3 is 2.64 bits per heavy atom. The van der Waals surface area contributed by atoms with Crippen LogP contribution in [0.15, 0.2) is 66.9 Å². The molecule has 0 fully saturated rings. The molecule has 0 unspecified atom stereocenters. The second-order valence-electron chi connectivity index (χ2n) is 6.03. The SMILES string of the molecule is O=C(O)c1cccc(-c2cc3nc(/C=C/c4ccccc4)cnc3n2SF)c1. The fourth-order valence-electron chi connectivity index (χ4n) is 2.87. The van der Waals surface area contributed by atoms with Crippen molar-refractivity contribution in [2.75, 3.05) is 0 Å². The number of aromatic carboxylic acids is 1. The Labute approximate surface area is 164 Å². The van der Waals surface area contributed by atoms with Gasteiger partial charge < -0.3 is 5.11 Å². The van der Waals surface area contributed by atoms with E-state index < -0.39 is 5.97 Å². The first-order valence-electron chi connectivity index (χ1n) is 8.40. The van der Waals surface area contributed by atoms with Gasteiger partial charge in [0.25, 0.3) is 0 Å². The van der Waals surface area contributed by atoms with Gasteiger partial charge in [-0.3, -0.25) is 0 Å². The van der Waals surface area contributed by atoms with Crippen molar-refractivity contribution in [1.29, 1.82) is 0 Å². The number of fused-ring (bicyclic) bond motifs is 1. The predicted molar refractivity (Wildman–Crippen MR) is 109 cm³/mol. The molecule has 28 heavy (non-hydrogen) atoms. The maximum atomic E-state index is 13.6. The van der Waals surface area contributed by atoms with Gasteiger partial charge in [0.05, 0.1) is 23.1 Å². The lowest BCUT2D eigenvalue weighted by Crippen LogP contribution is -1.97. The molecule has 0 aliphatic rings. The lowest BCUT2D eigenvalue weighted by atomic mass is 10.1. The van der Waals surface area contributed by atoms with E-state index in [2.05, 4.69) is 9.97 Å². The molecule has 2 heterocycles. The van der Waals surface area contributed by atoms with Crippen LogP contribution >= 0.6 is 12.3 Å². The van der Waals surface area contributed by atoms with E-state index in [9.17, 15) is 13.8 Å². The Hall–Kier alpha value is -3.45. The maximum Gasteiger partial charge on any atom is 0.335 e. The summed E-state index contributed by atoms with van der Waals surface area (Å²) >= 11 is 0.00547. The van der Waals surface area contributed by atoms with Gasteiger partial charge in [-0.15, -0.1) is 3.89 Å². The molecule has 1 N–H and O–H groups in total. The zero-order valence-corrected chi connectivity index (χ0v) is 15.3. The van der Waals surface area contributed by atoms with E-state index in [-0.39, 0.29) is 17.9 Å². The quantitative estimate of drug-likeness (QED) is 0.497. The van der Waals surface area contributed by atoms with E-state index in [1.54, 1.807) is 24.4 Å². The predicted octanol–water partition coefficient (Wildman–Crippen LogP) is 5.35. The highest BCUT2D eigenvalue weighted by Gasteiger charge is 2.15. The van der Waals surface area contributed by atoms with Crippen molar-refractivity contribution in [2.45, 2.75) is 0 Å². The number of nitrogens with zero attached hydrogens (tertiary/aromatic N) is 3. The van der Waals surface area contributed by atoms with Crippen LogP contribution in [0.3, 0.4) is 0 Å². The number of aromatic nitrogens is 3. The van der Waals surface area contributed by atoms with E-state index in [0.717, 1.165) is 5.56 Å². The summed E-state index contributed by atoms with van der Waals surface area (Å²) in [5.74, 6) is -1.04. The maximum absolute atomic E-state index is 13.6. The average Bonchev–Trinajstić information content (AvgIpc) is 3.11. The summed E-state index contributed by atoms with van der Waals surface area (Å²) in [7, 11) is 0. The van der Waals surface area contributed by atoms with Crippen LogP contribution in [0.5, 0.6) is 0 Å². The van der Waals surface area contributed by atoms with Crippen LogP contribution in [0.2, 0.25) is 0 Å². The van der Waals surface area contributed by atoms with E-state index in [1.165, 1.54) is 16.1 Å². The molecule has 2 aromatic heterocycles. The number of rotatable bonds is 5. The Morgan fingerprint density at radius 2 is 1.89 bits per heavy atom. The van der Waals surface area contributed by atoms with Crippen molar-refractivity contribution in [3.8, 4) is 11.3 Å². The third kappa shape index (κ3) is 3.52. The Bertz CT molecular complexity index is 1190. The summed E-state index contributed by atoms with van der Waals surface area (Å²) in [4.78, 5) is 20.1. The molecule has 0 saturated carbocycles. The first kappa shape index (κ1) is 17.9. The van der Waals surface area contributed by atoms with Crippen molar-refractivity contribution >= 4 is 41.6 Å². The van der Waals surface area contributed by atoms with Crippen molar-refractivity contribution in [1.82, 2.24) is 13.9 Å². The minimum absolute atomic E-state index is 0.00547. The minimum atomic E-state index is -1.04. The van der Waals surface area contributed by atoms with Gasteiger partial charge in [-0.1, -0.05) is 48.5 Å². The van der Waals surface area contributed by atoms with Crippen LogP contribution < -0.4 is 0 Å². The second-order valence-corrected chi connectivity index (χ2v) is 6.53. The first-order valence-corrected chi connectivity index (χ1v) is 9.07. The van der Waals surface area contributed by atoms with E-state index >= 15 is 0 Å². The summed E-state index contributed by atoms with van der Waals surface area (Å²) in [6.45, 7) is 0. The Balaban J connectivity index is 1.76. The summed E-state index contributed by atoms with van der Waals surface area (Å²) in [5.41, 5.74) is 3.78. The van der Waals surface area contributed by atoms with Crippen LogP contribution in [0, 0.1) is 0 Å². The van der Waals surface area contributed by atoms with Gasteiger partial charge in [-0.2, -0.15) is 0 Å². The number of carbonyl (C=O) groups is 1. The highest BCUT2D eigenvalue weighted by Crippen LogP contribution is 2.31. The number of benzene rings is 2. The van der Waals surface area contributed by atoms with Crippen molar-refractivity contribution < 1.29 is 13.8 Å². The normalized spacial score (nSPS) is 11.3. The zero-order chi connectivity index (χ0) is 19.5. The molecule has 7 heteroatoms. The van der Waals surface area contributed by atoms with Gasteiger partial charge in [-0.05, 0) is 29.8 Å². The third-order valence-electron chi connectivity index (χ3n) is 4.20. The monoisotopic (exact) mass is 391 g/mol. The number of halogens is 1. The summed E-state index contributed by atoms with van der Waals surface area (Å²) in [6.07, 6.45) is 5.34. The van der Waals surface area contributed by atoms with Gasteiger partial charge in [0.2, 0.25) is 0 Å². The molecule has 0 atom stereocenters. The van der Waals surface area contributed by atoms with E-state index in [1.807, 2.05) is 42.5 Å². The molecular weight excluding hydrogens is 377 g/mol. The lowest BCUT2D eigenvalue weighted by molar-refractivity contribution is 0.0697. The molecule has 0 aliphatic carbocycles. The highest BCUT2D eigenvalue weighted by atomic mass is 32.2. The summed E-state index contributed by atoms with van der Waals surface area (Å²) in [6, 6.07) is 17.8. The molecule has 4 aromatic rings. The fraction of sp³-hybridized carbons (Fsp3) is 0. The van der Waals surface area contributed by atoms with Crippen LogP contribution in [0.1, 0.15) is 21.6 Å². The van der Waals surface area contributed by atoms with Gasteiger partial charge in [0.15, 0.2) is 18.0 Å². The first-order chi connectivity index (χ1) is 13.7. The lowest BCUT2D eigenvalue weighted by Gasteiger charge is -2.04. The largest absolute Gasteiger partial charge is 0.478 e. The highest BCUT2D eigenvalue weighted by molar-refractivity contribution is 7.93. The fourth-order valence-corrected chi connectivity index (χ4v) is 3.31. The Kier molecular flexibility index (Phi) is 4.90. The van der Waals surface area contributed by atoms with Crippen molar-refractivity contribution in [3.05, 3.63) is 83.7 Å². The van der Waals surface area contributed by atoms with Gasteiger partial charge in [0.1, 0.15) is 5.52 Å². The molecule has 2 aromatic carbocycles. The molecule has 0 radical (unpaired) electrons. The van der Waals surface area contributed by atoms with Gasteiger partial charge >= 0.3 is 5.97 Å².